The minimum Gasteiger partial charge on any atom is -0.355 e. The topological polar surface area (TPSA) is 96.9 Å². The molecule has 0 atom stereocenters. The fourth-order valence-corrected chi connectivity index (χ4v) is 5.84. The van der Waals surface area contributed by atoms with E-state index in [-0.39, 0.29) is 17.6 Å². The summed E-state index contributed by atoms with van der Waals surface area (Å²) >= 11 is 5.80. The summed E-state index contributed by atoms with van der Waals surface area (Å²) in [6.07, 6.45) is 2.05. The summed E-state index contributed by atoms with van der Waals surface area (Å²) < 4.78 is 2.61. The number of carbonyl (C=O) groups excluding carboxylic acids is 2. The van der Waals surface area contributed by atoms with Crippen molar-refractivity contribution in [2.75, 3.05) is 23.4 Å². The van der Waals surface area contributed by atoms with Gasteiger partial charge in [0.2, 0.25) is 11.8 Å². The fourth-order valence-electron chi connectivity index (χ4n) is 2.29. The molecule has 0 fully saturated rings. The summed E-state index contributed by atoms with van der Waals surface area (Å²) in [5.74, 6) is 0.572. The summed E-state index contributed by atoms with van der Waals surface area (Å²) in [4.78, 5) is 28.6. The van der Waals surface area contributed by atoms with Crippen LogP contribution < -0.4 is 10.6 Å². The molecule has 3 aromatic rings. The predicted octanol–water partition coefficient (Wildman–Crippen LogP) is 4.20. The number of aromatic nitrogens is 3. The van der Waals surface area contributed by atoms with Crippen LogP contribution in [0.2, 0.25) is 0 Å². The molecule has 2 amide bonds. The second kappa shape index (κ2) is 10.9. The number of nitrogens with one attached hydrogen (secondary N) is 2. The number of anilines is 1. The first kappa shape index (κ1) is 22.0. The fraction of sp³-hybridized carbons (Fsp3) is 0.389. The van der Waals surface area contributed by atoms with Crippen LogP contribution >= 0.6 is 46.2 Å². The zero-order valence-electron chi connectivity index (χ0n) is 16.1. The van der Waals surface area contributed by atoms with Gasteiger partial charge in [0.25, 0.3) is 0 Å². The normalized spacial score (nSPS) is 11.0. The molecule has 0 aliphatic heterocycles. The van der Waals surface area contributed by atoms with E-state index < -0.39 is 0 Å². The number of hydrogen-bond acceptors (Lipinski definition) is 9. The minimum atomic E-state index is -0.0925. The first-order chi connectivity index (χ1) is 14.0. The van der Waals surface area contributed by atoms with Gasteiger partial charge >= 0.3 is 0 Å². The lowest BCUT2D eigenvalue weighted by molar-refractivity contribution is -0.118. The molecule has 7 nitrogen and oxygen atoms in total. The molecular weight excluding hydrogens is 446 g/mol. The molecule has 0 spiro atoms. The van der Waals surface area contributed by atoms with Crippen molar-refractivity contribution in [3.8, 4) is 0 Å². The standard InChI is InChI=1S/C18H21N5O2S4/c1-3-4-7-19-15(24)9-26-17-21-13-6-5-12(8-14(13)29-17)20-16(25)10-27-18-23-22-11(2)28-18/h5-6,8H,3-4,7,9-10H2,1-2H3,(H,19,24)(H,20,25). The van der Waals surface area contributed by atoms with Gasteiger partial charge in [-0.05, 0) is 31.5 Å². The number of benzene rings is 1. The van der Waals surface area contributed by atoms with Crippen LogP contribution in [0, 0.1) is 6.92 Å². The third kappa shape index (κ3) is 6.95. The van der Waals surface area contributed by atoms with Gasteiger partial charge in [-0.25, -0.2) is 4.98 Å². The van der Waals surface area contributed by atoms with E-state index in [9.17, 15) is 9.59 Å². The van der Waals surface area contributed by atoms with Crippen molar-refractivity contribution in [2.24, 2.45) is 0 Å². The van der Waals surface area contributed by atoms with Crippen molar-refractivity contribution in [2.45, 2.75) is 35.4 Å². The molecule has 154 valence electrons. The number of carbonyl (C=O) groups is 2. The van der Waals surface area contributed by atoms with E-state index in [0.717, 1.165) is 49.0 Å². The zero-order chi connectivity index (χ0) is 20.6. The Morgan fingerprint density at radius 3 is 2.62 bits per heavy atom. The van der Waals surface area contributed by atoms with Crippen molar-refractivity contribution in [3.05, 3.63) is 23.2 Å². The number of rotatable bonds is 10. The molecule has 2 N–H and O–H groups in total. The van der Waals surface area contributed by atoms with E-state index in [1.165, 1.54) is 46.2 Å². The Morgan fingerprint density at radius 2 is 1.86 bits per heavy atom. The van der Waals surface area contributed by atoms with E-state index in [4.69, 9.17) is 0 Å². The molecule has 0 aliphatic carbocycles. The van der Waals surface area contributed by atoms with Crippen molar-refractivity contribution in [1.29, 1.82) is 0 Å². The molecule has 11 heteroatoms. The Balaban J connectivity index is 1.51. The Kier molecular flexibility index (Phi) is 8.28. The molecule has 2 aromatic heterocycles. The summed E-state index contributed by atoms with van der Waals surface area (Å²) in [6.45, 7) is 4.70. The first-order valence-corrected chi connectivity index (χ1v) is 12.7. The largest absolute Gasteiger partial charge is 0.355 e. The molecule has 0 saturated carbocycles. The number of fused-ring (bicyclic) bond motifs is 1. The van der Waals surface area contributed by atoms with Gasteiger partial charge in [-0.3, -0.25) is 9.59 Å². The number of amides is 2. The van der Waals surface area contributed by atoms with Crippen molar-refractivity contribution < 1.29 is 9.59 Å². The number of aryl methyl sites for hydroxylation is 1. The molecule has 0 radical (unpaired) electrons. The zero-order valence-corrected chi connectivity index (χ0v) is 19.3. The molecule has 2 heterocycles. The van der Waals surface area contributed by atoms with Gasteiger partial charge in [0.1, 0.15) is 5.01 Å². The van der Waals surface area contributed by atoms with Crippen LogP contribution in [0.15, 0.2) is 26.9 Å². The van der Waals surface area contributed by atoms with E-state index in [1.54, 1.807) is 0 Å². The third-order valence-corrected chi connectivity index (χ3v) is 7.80. The van der Waals surface area contributed by atoms with Gasteiger partial charge in [0.15, 0.2) is 8.68 Å². The number of nitrogens with zero attached hydrogens (tertiary/aromatic N) is 3. The van der Waals surface area contributed by atoms with Crippen LogP contribution in [0.25, 0.3) is 10.2 Å². The van der Waals surface area contributed by atoms with Crippen LogP contribution in [0.3, 0.4) is 0 Å². The monoisotopic (exact) mass is 467 g/mol. The first-order valence-electron chi connectivity index (χ1n) is 9.06. The van der Waals surface area contributed by atoms with Gasteiger partial charge < -0.3 is 10.6 Å². The molecule has 0 unspecified atom stereocenters. The molecule has 0 aliphatic rings. The molecular formula is C18H21N5O2S4. The average Bonchev–Trinajstić information content (AvgIpc) is 3.30. The van der Waals surface area contributed by atoms with Gasteiger partial charge in [0.05, 0.1) is 21.7 Å². The summed E-state index contributed by atoms with van der Waals surface area (Å²) in [7, 11) is 0. The highest BCUT2D eigenvalue weighted by molar-refractivity contribution is 8.02. The van der Waals surface area contributed by atoms with Gasteiger partial charge in [0, 0.05) is 12.2 Å². The maximum absolute atomic E-state index is 12.2. The van der Waals surface area contributed by atoms with Crippen molar-refractivity contribution in [3.63, 3.8) is 0 Å². The average molecular weight is 468 g/mol. The number of thiazole rings is 1. The Hall–Kier alpha value is -1.69. The molecule has 3 rings (SSSR count). The smallest absolute Gasteiger partial charge is 0.234 e. The summed E-state index contributed by atoms with van der Waals surface area (Å²) in [5.41, 5.74) is 1.59. The molecule has 29 heavy (non-hydrogen) atoms. The maximum Gasteiger partial charge on any atom is 0.234 e. The van der Waals surface area contributed by atoms with E-state index in [0.29, 0.717) is 5.75 Å². The predicted molar refractivity (Wildman–Crippen MR) is 122 cm³/mol. The van der Waals surface area contributed by atoms with Crippen LogP contribution in [-0.2, 0) is 9.59 Å². The SMILES string of the molecule is CCCCNC(=O)CSc1nc2ccc(NC(=O)CSc3nnc(C)s3)cc2s1. The second-order valence-electron chi connectivity index (χ2n) is 6.08. The van der Waals surface area contributed by atoms with Crippen LogP contribution in [-0.4, -0.2) is 45.0 Å². The third-order valence-electron chi connectivity index (χ3n) is 3.67. The second-order valence-corrected chi connectivity index (χ2v) is 10.7. The van der Waals surface area contributed by atoms with Gasteiger partial charge in [-0.15, -0.1) is 21.5 Å². The Morgan fingerprint density at radius 1 is 1.07 bits per heavy atom. The lowest BCUT2D eigenvalue weighted by atomic mass is 10.3. The number of unbranched alkanes of at least 4 members (excludes halogenated alkanes) is 1. The lowest BCUT2D eigenvalue weighted by Crippen LogP contribution is -2.25. The number of thioether (sulfide) groups is 2. The van der Waals surface area contributed by atoms with Crippen molar-refractivity contribution in [1.82, 2.24) is 20.5 Å². The molecule has 0 bridgehead atoms. The van der Waals surface area contributed by atoms with E-state index >= 15 is 0 Å². The van der Waals surface area contributed by atoms with Crippen molar-refractivity contribution >= 4 is 73.9 Å². The van der Waals surface area contributed by atoms with Crippen LogP contribution in [0.1, 0.15) is 24.8 Å². The lowest BCUT2D eigenvalue weighted by Gasteiger charge is -2.03. The Bertz CT molecular complexity index is 988. The summed E-state index contributed by atoms with van der Waals surface area (Å²) in [6, 6.07) is 5.63. The highest BCUT2D eigenvalue weighted by Gasteiger charge is 2.10. The van der Waals surface area contributed by atoms with E-state index in [1.807, 2.05) is 25.1 Å². The van der Waals surface area contributed by atoms with Gasteiger partial charge in [-0.2, -0.15) is 0 Å². The van der Waals surface area contributed by atoms with Crippen LogP contribution in [0.5, 0.6) is 0 Å². The highest BCUT2D eigenvalue weighted by atomic mass is 32.2. The maximum atomic E-state index is 12.2. The summed E-state index contributed by atoms with van der Waals surface area (Å²) in [5, 5.41) is 14.6. The Labute approximate surface area is 185 Å². The minimum absolute atomic E-state index is 0.0267. The quantitative estimate of drug-likeness (QED) is 0.341. The van der Waals surface area contributed by atoms with Gasteiger partial charge in [-0.1, -0.05) is 48.2 Å². The van der Waals surface area contributed by atoms with E-state index in [2.05, 4.69) is 32.7 Å². The molecule has 1 aromatic carbocycles. The molecule has 0 saturated heterocycles. The highest BCUT2D eigenvalue weighted by Crippen LogP contribution is 2.31. The van der Waals surface area contributed by atoms with Crippen LogP contribution in [0.4, 0.5) is 5.69 Å². The number of hydrogen-bond donors (Lipinski definition) is 2.